The van der Waals surface area contributed by atoms with Gasteiger partial charge in [-0.2, -0.15) is 0 Å². The molecule has 1 fully saturated rings. The van der Waals surface area contributed by atoms with Gasteiger partial charge in [0.1, 0.15) is 12.4 Å². The molecule has 0 aliphatic carbocycles. The predicted octanol–water partition coefficient (Wildman–Crippen LogP) is 3.86. The Hall–Kier alpha value is -1.74. The molecular weight excluding hydrogens is 272 g/mol. The number of hydrogen-bond donors (Lipinski definition) is 0. The van der Waals surface area contributed by atoms with Crippen LogP contribution in [0.3, 0.4) is 0 Å². The van der Waals surface area contributed by atoms with Gasteiger partial charge in [0.25, 0.3) is 0 Å². The zero-order valence-corrected chi connectivity index (χ0v) is 13.9. The maximum absolute atomic E-state index is 6.03. The quantitative estimate of drug-likeness (QED) is 0.834. The van der Waals surface area contributed by atoms with Crippen molar-refractivity contribution in [3.63, 3.8) is 0 Å². The molecule has 0 N–H and O–H groups in total. The van der Waals surface area contributed by atoms with E-state index in [0.717, 1.165) is 18.9 Å². The lowest BCUT2D eigenvalue weighted by molar-refractivity contribution is 0.193. The highest BCUT2D eigenvalue weighted by Crippen LogP contribution is 2.31. The van der Waals surface area contributed by atoms with Gasteiger partial charge in [-0.25, -0.2) is 0 Å². The maximum atomic E-state index is 6.03. The fourth-order valence-corrected chi connectivity index (χ4v) is 3.38. The van der Waals surface area contributed by atoms with Crippen molar-refractivity contribution in [3.05, 3.63) is 53.3 Å². The number of likely N-dealkylation sites (tertiary alicyclic amines) is 1. The van der Waals surface area contributed by atoms with E-state index in [0.29, 0.717) is 6.04 Å². The highest BCUT2D eigenvalue weighted by Gasteiger charge is 2.27. The van der Waals surface area contributed by atoms with E-state index < -0.39 is 0 Å². The average Bonchev–Trinajstić information content (AvgIpc) is 3.11. The zero-order chi connectivity index (χ0) is 15.5. The number of aromatic nitrogens is 1. The van der Waals surface area contributed by atoms with Crippen LogP contribution >= 0.6 is 0 Å². The lowest BCUT2D eigenvalue weighted by Gasteiger charge is -2.25. The van der Waals surface area contributed by atoms with Crippen LogP contribution in [0, 0.1) is 13.8 Å². The van der Waals surface area contributed by atoms with Crippen LogP contribution in [0.2, 0.25) is 0 Å². The normalized spacial score (nSPS) is 18.8. The summed E-state index contributed by atoms with van der Waals surface area (Å²) < 4.78 is 8.27. The minimum Gasteiger partial charge on any atom is -0.492 e. The van der Waals surface area contributed by atoms with E-state index in [1.54, 1.807) is 0 Å². The van der Waals surface area contributed by atoms with E-state index in [-0.39, 0.29) is 0 Å². The van der Waals surface area contributed by atoms with Gasteiger partial charge in [0.05, 0.1) is 6.04 Å². The monoisotopic (exact) mass is 298 g/mol. The predicted molar refractivity (Wildman–Crippen MR) is 90.4 cm³/mol. The number of nitrogens with zero attached hydrogens (tertiary/aromatic N) is 2. The Morgan fingerprint density at radius 3 is 2.86 bits per heavy atom. The van der Waals surface area contributed by atoms with Crippen LogP contribution in [0.4, 0.5) is 0 Å². The van der Waals surface area contributed by atoms with Gasteiger partial charge in [0.15, 0.2) is 0 Å². The summed E-state index contributed by atoms with van der Waals surface area (Å²) >= 11 is 0. The van der Waals surface area contributed by atoms with Crippen molar-refractivity contribution < 1.29 is 4.74 Å². The zero-order valence-electron chi connectivity index (χ0n) is 13.9. The van der Waals surface area contributed by atoms with Crippen molar-refractivity contribution in [3.8, 4) is 5.75 Å². The summed E-state index contributed by atoms with van der Waals surface area (Å²) in [5, 5.41) is 0. The Kier molecular flexibility index (Phi) is 4.53. The van der Waals surface area contributed by atoms with Crippen molar-refractivity contribution in [2.45, 2.75) is 32.7 Å². The van der Waals surface area contributed by atoms with Crippen molar-refractivity contribution >= 4 is 0 Å². The number of aryl methyl sites for hydroxylation is 3. The minimum absolute atomic E-state index is 0.544. The van der Waals surface area contributed by atoms with Gasteiger partial charge in [-0.1, -0.05) is 12.1 Å². The Morgan fingerprint density at radius 1 is 1.23 bits per heavy atom. The van der Waals surface area contributed by atoms with Crippen LogP contribution in [0.5, 0.6) is 5.75 Å². The van der Waals surface area contributed by atoms with Crippen LogP contribution in [0.1, 0.15) is 35.7 Å². The molecular formula is C19H26N2O. The molecule has 118 valence electrons. The Morgan fingerprint density at radius 2 is 2.09 bits per heavy atom. The molecule has 0 bridgehead atoms. The summed E-state index contributed by atoms with van der Waals surface area (Å²) in [4.78, 5) is 2.56. The largest absolute Gasteiger partial charge is 0.492 e. The maximum Gasteiger partial charge on any atom is 0.122 e. The lowest BCUT2D eigenvalue weighted by Crippen LogP contribution is -2.29. The first-order chi connectivity index (χ1) is 10.6. The minimum atomic E-state index is 0.544. The van der Waals surface area contributed by atoms with Crippen molar-refractivity contribution in [1.29, 1.82) is 0 Å². The summed E-state index contributed by atoms with van der Waals surface area (Å²) in [5.74, 6) is 1.02. The van der Waals surface area contributed by atoms with Crippen LogP contribution in [0.25, 0.3) is 0 Å². The second kappa shape index (κ2) is 6.57. The number of ether oxygens (including phenoxy) is 1. The SMILES string of the molecule is Cc1ccc(C)c(OCCN2CCCC2c2cccn2C)c1. The van der Waals surface area contributed by atoms with Gasteiger partial charge in [-0.15, -0.1) is 0 Å². The van der Waals surface area contributed by atoms with Gasteiger partial charge in [-0.3, -0.25) is 4.90 Å². The summed E-state index contributed by atoms with van der Waals surface area (Å²) in [7, 11) is 2.14. The van der Waals surface area contributed by atoms with E-state index in [2.05, 4.69) is 66.9 Å². The van der Waals surface area contributed by atoms with Gasteiger partial charge in [-0.05, 0) is 62.6 Å². The first-order valence-corrected chi connectivity index (χ1v) is 8.20. The van der Waals surface area contributed by atoms with Crippen molar-refractivity contribution in [2.24, 2.45) is 7.05 Å². The molecule has 1 aromatic carbocycles. The lowest BCUT2D eigenvalue weighted by atomic mass is 10.1. The van der Waals surface area contributed by atoms with E-state index in [9.17, 15) is 0 Å². The van der Waals surface area contributed by atoms with Crippen molar-refractivity contribution in [1.82, 2.24) is 9.47 Å². The Balaban J connectivity index is 1.59. The molecule has 0 saturated carbocycles. The van der Waals surface area contributed by atoms with E-state index in [1.165, 1.54) is 36.2 Å². The molecule has 1 unspecified atom stereocenters. The molecule has 3 nitrogen and oxygen atoms in total. The van der Waals surface area contributed by atoms with E-state index in [1.807, 2.05) is 0 Å². The summed E-state index contributed by atoms with van der Waals surface area (Å²) in [6.07, 6.45) is 4.67. The molecule has 0 spiro atoms. The fourth-order valence-electron chi connectivity index (χ4n) is 3.38. The second-order valence-electron chi connectivity index (χ2n) is 6.36. The molecule has 1 aliphatic rings. The van der Waals surface area contributed by atoms with Gasteiger partial charge < -0.3 is 9.30 Å². The fraction of sp³-hybridized carbons (Fsp3) is 0.474. The van der Waals surface area contributed by atoms with Gasteiger partial charge in [0, 0.05) is 25.5 Å². The number of benzene rings is 1. The standard InChI is InChI=1S/C19H26N2O/c1-15-8-9-16(2)19(14-15)22-13-12-21-11-5-7-18(21)17-6-4-10-20(17)3/h4,6,8-10,14,18H,5,7,11-13H2,1-3H3. The average molecular weight is 298 g/mol. The summed E-state index contributed by atoms with van der Waals surface area (Å²) in [5.41, 5.74) is 3.89. The molecule has 0 amide bonds. The third-order valence-electron chi connectivity index (χ3n) is 4.67. The summed E-state index contributed by atoms with van der Waals surface area (Å²) in [6, 6.07) is 11.3. The Labute approximate surface area is 133 Å². The van der Waals surface area contributed by atoms with Crippen LogP contribution < -0.4 is 4.74 Å². The molecule has 0 radical (unpaired) electrons. The highest BCUT2D eigenvalue weighted by atomic mass is 16.5. The second-order valence-corrected chi connectivity index (χ2v) is 6.36. The van der Waals surface area contributed by atoms with E-state index in [4.69, 9.17) is 4.74 Å². The highest BCUT2D eigenvalue weighted by molar-refractivity contribution is 5.35. The van der Waals surface area contributed by atoms with Gasteiger partial charge >= 0.3 is 0 Å². The Bertz CT molecular complexity index is 632. The third-order valence-corrected chi connectivity index (χ3v) is 4.67. The van der Waals surface area contributed by atoms with Crippen LogP contribution in [-0.2, 0) is 7.05 Å². The molecule has 1 aliphatic heterocycles. The third kappa shape index (κ3) is 3.20. The molecule has 2 heterocycles. The molecule has 1 atom stereocenters. The smallest absolute Gasteiger partial charge is 0.122 e. The van der Waals surface area contributed by atoms with E-state index >= 15 is 0 Å². The van der Waals surface area contributed by atoms with Gasteiger partial charge in [0.2, 0.25) is 0 Å². The number of rotatable bonds is 5. The van der Waals surface area contributed by atoms with Crippen LogP contribution in [0.15, 0.2) is 36.5 Å². The molecule has 1 aromatic heterocycles. The molecule has 1 saturated heterocycles. The van der Waals surface area contributed by atoms with Crippen molar-refractivity contribution in [2.75, 3.05) is 19.7 Å². The first-order valence-electron chi connectivity index (χ1n) is 8.20. The first kappa shape index (κ1) is 15.2. The number of hydrogen-bond acceptors (Lipinski definition) is 2. The molecule has 2 aromatic rings. The molecule has 22 heavy (non-hydrogen) atoms. The molecule has 3 rings (SSSR count). The molecule has 3 heteroatoms. The van der Waals surface area contributed by atoms with Crippen LogP contribution in [-0.4, -0.2) is 29.2 Å². The topological polar surface area (TPSA) is 17.4 Å². The summed E-state index contributed by atoms with van der Waals surface area (Å²) in [6.45, 7) is 7.13.